The summed E-state index contributed by atoms with van der Waals surface area (Å²) in [4.78, 5) is 0. The Hall–Kier alpha value is -0.820. The molecule has 0 aromatic carbocycles. The van der Waals surface area contributed by atoms with Gasteiger partial charge in [0.25, 0.3) is 10.0 Å². The molecule has 1 unspecified atom stereocenters. The highest BCUT2D eigenvalue weighted by atomic mass is 32.3. The lowest BCUT2D eigenvalue weighted by molar-refractivity contribution is 0.233. The molecule has 1 aliphatic rings. The first-order valence-corrected chi connectivity index (χ1v) is 11.1. The Labute approximate surface area is 146 Å². The minimum atomic E-state index is -3.95. The average Bonchev–Trinajstić information content (AvgIpc) is 2.95. The van der Waals surface area contributed by atoms with Crippen LogP contribution in [0.1, 0.15) is 18.5 Å². The number of methoxy groups -OCH3 is 1. The smallest absolute Gasteiger partial charge is 0.253 e. The van der Waals surface area contributed by atoms with E-state index in [0.717, 1.165) is 0 Å². The van der Waals surface area contributed by atoms with Gasteiger partial charge in [-0.2, -0.15) is 4.31 Å². The summed E-state index contributed by atoms with van der Waals surface area (Å²) in [7, 11) is -6.16. The SMILES string of the molecule is CCNC1CN(CC=CCOC)S(=O)(=O)c2sc(S(N)(=O)=O)cc21. The number of sulfonamides is 2. The first kappa shape index (κ1) is 19.5. The van der Waals surface area contributed by atoms with E-state index in [1.165, 1.54) is 10.4 Å². The predicted molar refractivity (Wildman–Crippen MR) is 91.9 cm³/mol. The second kappa shape index (κ2) is 7.60. The number of nitrogens with zero attached hydrogens (tertiary/aromatic N) is 1. The summed E-state index contributed by atoms with van der Waals surface area (Å²) in [5.41, 5.74) is 0.461. The largest absolute Gasteiger partial charge is 0.381 e. The van der Waals surface area contributed by atoms with Crippen LogP contribution in [0.5, 0.6) is 0 Å². The normalized spacial score (nSPS) is 21.2. The van der Waals surface area contributed by atoms with Crippen molar-refractivity contribution in [2.75, 3.05) is 33.4 Å². The van der Waals surface area contributed by atoms with Crippen molar-refractivity contribution in [1.29, 1.82) is 0 Å². The molecule has 0 saturated carbocycles. The first-order valence-electron chi connectivity index (χ1n) is 7.25. The lowest BCUT2D eigenvalue weighted by Gasteiger charge is -2.31. The number of nitrogens with one attached hydrogen (secondary N) is 1. The fourth-order valence-corrected chi connectivity index (χ4v) is 6.64. The zero-order valence-corrected chi connectivity index (χ0v) is 15.9. The van der Waals surface area contributed by atoms with Gasteiger partial charge in [0.1, 0.15) is 8.42 Å². The van der Waals surface area contributed by atoms with Crippen LogP contribution in [0.2, 0.25) is 0 Å². The highest BCUT2D eigenvalue weighted by Crippen LogP contribution is 2.39. The van der Waals surface area contributed by atoms with Crippen LogP contribution in [0, 0.1) is 0 Å². The van der Waals surface area contributed by atoms with Crippen molar-refractivity contribution in [3.63, 3.8) is 0 Å². The Morgan fingerprint density at radius 2 is 2.21 bits per heavy atom. The fourth-order valence-electron chi connectivity index (χ4n) is 2.42. The first-order chi connectivity index (χ1) is 11.2. The second-order valence-electron chi connectivity index (χ2n) is 5.21. The highest BCUT2D eigenvalue weighted by molar-refractivity contribution is 7.94. The maximum absolute atomic E-state index is 12.8. The number of primary sulfonamides is 1. The highest BCUT2D eigenvalue weighted by Gasteiger charge is 2.39. The molecule has 2 heterocycles. The Morgan fingerprint density at radius 3 is 2.79 bits per heavy atom. The number of hydrogen-bond donors (Lipinski definition) is 2. The fraction of sp³-hybridized carbons (Fsp3) is 0.538. The van der Waals surface area contributed by atoms with E-state index in [1.54, 1.807) is 19.3 Å². The van der Waals surface area contributed by atoms with Crippen LogP contribution in [0.15, 0.2) is 26.6 Å². The molecule has 0 aliphatic carbocycles. The molecule has 0 spiro atoms. The number of nitrogens with two attached hydrogens (primary N) is 1. The molecule has 0 radical (unpaired) electrons. The topological polar surface area (TPSA) is 119 Å². The van der Waals surface area contributed by atoms with Gasteiger partial charge in [0.15, 0.2) is 0 Å². The van der Waals surface area contributed by atoms with Gasteiger partial charge in [-0.1, -0.05) is 19.1 Å². The molecular weight excluding hydrogens is 374 g/mol. The Kier molecular flexibility index (Phi) is 6.18. The van der Waals surface area contributed by atoms with Crippen LogP contribution in [0.25, 0.3) is 0 Å². The molecule has 11 heteroatoms. The van der Waals surface area contributed by atoms with Gasteiger partial charge >= 0.3 is 0 Å². The van der Waals surface area contributed by atoms with Crippen LogP contribution < -0.4 is 10.5 Å². The molecule has 3 N–H and O–H groups in total. The van der Waals surface area contributed by atoms with Crippen molar-refractivity contribution in [1.82, 2.24) is 9.62 Å². The number of ether oxygens (including phenoxy) is 1. The molecule has 0 saturated heterocycles. The van der Waals surface area contributed by atoms with E-state index >= 15 is 0 Å². The van der Waals surface area contributed by atoms with Crippen LogP contribution in [0.3, 0.4) is 0 Å². The van der Waals surface area contributed by atoms with Gasteiger partial charge in [-0.25, -0.2) is 22.0 Å². The van der Waals surface area contributed by atoms with E-state index in [4.69, 9.17) is 9.88 Å². The van der Waals surface area contributed by atoms with Gasteiger partial charge < -0.3 is 10.1 Å². The zero-order valence-electron chi connectivity index (χ0n) is 13.4. The second-order valence-corrected chi connectivity index (χ2v) is 10.2. The molecule has 2 rings (SSSR count). The van der Waals surface area contributed by atoms with Gasteiger partial charge in [-0.3, -0.25) is 0 Å². The maximum atomic E-state index is 12.8. The lowest BCUT2D eigenvalue weighted by Crippen LogP contribution is -2.43. The van der Waals surface area contributed by atoms with Crippen LogP contribution in [0.4, 0.5) is 0 Å². The van der Waals surface area contributed by atoms with Crippen molar-refractivity contribution in [3.05, 3.63) is 23.8 Å². The molecule has 24 heavy (non-hydrogen) atoms. The minimum absolute atomic E-state index is 0.0314. The summed E-state index contributed by atoms with van der Waals surface area (Å²) in [5, 5.41) is 8.34. The standard InChI is InChI=1S/C13H21N3O5S3/c1-3-15-11-9-16(6-4-5-7-21-2)24(19,20)13-10(11)8-12(22-13)23(14,17)18/h4-5,8,11,15H,3,6-7,9H2,1-2H3,(H2,14,17,18). The van der Waals surface area contributed by atoms with Crippen molar-refractivity contribution in [2.24, 2.45) is 5.14 Å². The van der Waals surface area contributed by atoms with E-state index < -0.39 is 20.0 Å². The van der Waals surface area contributed by atoms with Crippen molar-refractivity contribution in [3.8, 4) is 0 Å². The lowest BCUT2D eigenvalue weighted by atomic mass is 10.1. The van der Waals surface area contributed by atoms with Crippen LogP contribution in [-0.4, -0.2) is 54.5 Å². The number of rotatable bonds is 7. The minimum Gasteiger partial charge on any atom is -0.381 e. The van der Waals surface area contributed by atoms with E-state index in [9.17, 15) is 16.8 Å². The summed E-state index contributed by atoms with van der Waals surface area (Å²) in [6.45, 7) is 3.33. The van der Waals surface area contributed by atoms with Crippen LogP contribution >= 0.6 is 11.3 Å². The van der Waals surface area contributed by atoms with Gasteiger partial charge in [0, 0.05) is 31.8 Å². The Balaban J connectivity index is 2.43. The van der Waals surface area contributed by atoms with E-state index in [-0.39, 0.29) is 27.5 Å². The zero-order chi connectivity index (χ0) is 18.0. The quantitative estimate of drug-likeness (QED) is 0.639. The molecule has 1 aromatic rings. The molecule has 1 aliphatic heterocycles. The molecule has 0 amide bonds. The van der Waals surface area contributed by atoms with E-state index in [2.05, 4.69) is 5.32 Å². The predicted octanol–water partition coefficient (Wildman–Crippen LogP) is 0.253. The van der Waals surface area contributed by atoms with Crippen molar-refractivity contribution < 1.29 is 21.6 Å². The summed E-state index contributed by atoms with van der Waals surface area (Å²) in [6, 6.07) is 1.08. The third-order valence-corrected chi connectivity index (χ3v) is 8.44. The van der Waals surface area contributed by atoms with Gasteiger partial charge in [-0.05, 0) is 12.6 Å². The van der Waals surface area contributed by atoms with Gasteiger partial charge in [0.2, 0.25) is 10.0 Å². The number of fused-ring (bicyclic) bond motifs is 1. The van der Waals surface area contributed by atoms with E-state index in [0.29, 0.717) is 30.1 Å². The molecule has 0 fully saturated rings. The van der Waals surface area contributed by atoms with Gasteiger partial charge in [0.05, 0.1) is 6.61 Å². The summed E-state index contributed by atoms with van der Waals surface area (Å²) in [6.07, 6.45) is 3.45. The molecule has 8 nitrogen and oxygen atoms in total. The van der Waals surface area contributed by atoms with Crippen molar-refractivity contribution in [2.45, 2.75) is 21.4 Å². The van der Waals surface area contributed by atoms with Gasteiger partial charge in [-0.15, -0.1) is 11.3 Å². The van der Waals surface area contributed by atoms with Crippen LogP contribution in [-0.2, 0) is 24.8 Å². The number of thiophene rings is 1. The molecule has 0 bridgehead atoms. The summed E-state index contributed by atoms with van der Waals surface area (Å²) >= 11 is 0.695. The number of hydrogen-bond acceptors (Lipinski definition) is 7. The third-order valence-electron chi connectivity index (χ3n) is 3.51. The summed E-state index contributed by atoms with van der Waals surface area (Å²) < 4.78 is 54.8. The van der Waals surface area contributed by atoms with Crippen molar-refractivity contribution >= 4 is 31.4 Å². The number of likely N-dealkylation sites (N-methyl/N-ethyl adjacent to an activating group) is 1. The Bertz CT molecular complexity index is 814. The monoisotopic (exact) mass is 395 g/mol. The molecular formula is C13H21N3O5S3. The molecule has 136 valence electrons. The maximum Gasteiger partial charge on any atom is 0.253 e. The summed E-state index contributed by atoms with van der Waals surface area (Å²) in [5.74, 6) is 0. The average molecular weight is 396 g/mol. The van der Waals surface area contributed by atoms with E-state index in [1.807, 2.05) is 6.92 Å². The molecule has 1 aromatic heterocycles. The Morgan fingerprint density at radius 1 is 1.50 bits per heavy atom. The molecule has 1 atom stereocenters. The third kappa shape index (κ3) is 4.04.